The lowest BCUT2D eigenvalue weighted by atomic mass is 10.0. The van der Waals surface area contributed by atoms with Gasteiger partial charge >= 0.3 is 0 Å². The highest BCUT2D eigenvalue weighted by Gasteiger charge is 2.38. The molecule has 0 aliphatic carbocycles. The highest BCUT2D eigenvalue weighted by atomic mass is 16.5. The van der Waals surface area contributed by atoms with Crippen molar-refractivity contribution in [3.63, 3.8) is 0 Å². The molecular weight excluding hydrogens is 346 g/mol. The van der Waals surface area contributed by atoms with Crippen LogP contribution in [0.15, 0.2) is 48.2 Å². The standard InChI is InChI=1S/C21H21NO5/c1-13-4-7-15(8-5-13)18-19(23)21(25)22(20(18)24)11-10-14-6-9-16(26-2)17(12-14)27-3/h4-9,12,23H,10-11H2,1-3H3. The Balaban J connectivity index is 1.77. The molecule has 0 radical (unpaired) electrons. The van der Waals surface area contributed by atoms with Gasteiger partial charge in [-0.25, -0.2) is 0 Å². The molecule has 1 aliphatic rings. The van der Waals surface area contributed by atoms with E-state index in [0.717, 1.165) is 16.0 Å². The fraction of sp³-hybridized carbons (Fsp3) is 0.238. The average Bonchev–Trinajstić information content (AvgIpc) is 2.89. The summed E-state index contributed by atoms with van der Waals surface area (Å²) in [5, 5.41) is 10.2. The molecule has 1 aliphatic heterocycles. The number of rotatable bonds is 6. The molecule has 2 aromatic rings. The van der Waals surface area contributed by atoms with Crippen molar-refractivity contribution in [1.82, 2.24) is 4.90 Å². The Hall–Kier alpha value is -3.28. The Bertz CT molecular complexity index is 915. The zero-order chi connectivity index (χ0) is 19.6. The third-order valence-corrected chi connectivity index (χ3v) is 4.56. The van der Waals surface area contributed by atoms with E-state index in [1.165, 1.54) is 0 Å². The number of aryl methyl sites for hydroxylation is 1. The predicted molar refractivity (Wildman–Crippen MR) is 101 cm³/mol. The topological polar surface area (TPSA) is 76.1 Å². The summed E-state index contributed by atoms with van der Waals surface area (Å²) in [7, 11) is 3.10. The highest BCUT2D eigenvalue weighted by Crippen LogP contribution is 2.30. The maximum atomic E-state index is 12.7. The number of imide groups is 1. The summed E-state index contributed by atoms with van der Waals surface area (Å²) in [5.41, 5.74) is 2.50. The van der Waals surface area contributed by atoms with E-state index in [1.807, 2.05) is 25.1 Å². The lowest BCUT2D eigenvalue weighted by Crippen LogP contribution is -2.33. The van der Waals surface area contributed by atoms with Crippen molar-refractivity contribution in [2.24, 2.45) is 0 Å². The molecule has 0 aromatic heterocycles. The fourth-order valence-electron chi connectivity index (χ4n) is 3.02. The first kappa shape index (κ1) is 18.5. The van der Waals surface area contributed by atoms with Crippen molar-refractivity contribution in [1.29, 1.82) is 0 Å². The van der Waals surface area contributed by atoms with E-state index in [-0.39, 0.29) is 12.1 Å². The fourth-order valence-corrected chi connectivity index (χ4v) is 3.02. The SMILES string of the molecule is COc1ccc(CCN2C(=O)C(O)=C(c3ccc(C)cc3)C2=O)cc1OC. The lowest BCUT2D eigenvalue weighted by Gasteiger charge is -2.15. The van der Waals surface area contributed by atoms with Crippen LogP contribution in [0.2, 0.25) is 0 Å². The third-order valence-electron chi connectivity index (χ3n) is 4.56. The lowest BCUT2D eigenvalue weighted by molar-refractivity contribution is -0.138. The van der Waals surface area contributed by atoms with Crippen LogP contribution in [-0.4, -0.2) is 42.6 Å². The van der Waals surface area contributed by atoms with E-state index in [1.54, 1.807) is 38.5 Å². The Kier molecular flexibility index (Phi) is 5.16. The summed E-state index contributed by atoms with van der Waals surface area (Å²) in [5.74, 6) is -0.472. The first-order valence-electron chi connectivity index (χ1n) is 8.53. The van der Waals surface area contributed by atoms with Crippen molar-refractivity contribution in [2.45, 2.75) is 13.3 Å². The molecule has 0 unspecified atom stereocenters. The maximum absolute atomic E-state index is 12.7. The van der Waals surface area contributed by atoms with E-state index < -0.39 is 17.6 Å². The molecular formula is C21H21NO5. The molecule has 0 saturated heterocycles. The van der Waals surface area contributed by atoms with Crippen molar-refractivity contribution >= 4 is 17.4 Å². The monoisotopic (exact) mass is 367 g/mol. The van der Waals surface area contributed by atoms with Crippen LogP contribution in [0.3, 0.4) is 0 Å². The predicted octanol–water partition coefficient (Wildman–Crippen LogP) is 2.89. The second kappa shape index (κ2) is 7.53. The molecule has 140 valence electrons. The van der Waals surface area contributed by atoms with Crippen LogP contribution in [-0.2, 0) is 16.0 Å². The number of methoxy groups -OCH3 is 2. The molecule has 1 heterocycles. The molecule has 1 N–H and O–H groups in total. The number of ether oxygens (including phenoxy) is 2. The van der Waals surface area contributed by atoms with Crippen LogP contribution < -0.4 is 9.47 Å². The van der Waals surface area contributed by atoms with Crippen molar-refractivity contribution in [3.05, 3.63) is 64.9 Å². The molecule has 0 spiro atoms. The van der Waals surface area contributed by atoms with Crippen LogP contribution in [0.4, 0.5) is 0 Å². The molecule has 6 nitrogen and oxygen atoms in total. The minimum atomic E-state index is -0.670. The second-order valence-corrected chi connectivity index (χ2v) is 6.29. The second-order valence-electron chi connectivity index (χ2n) is 6.29. The van der Waals surface area contributed by atoms with E-state index >= 15 is 0 Å². The number of benzene rings is 2. The quantitative estimate of drug-likeness (QED) is 0.795. The van der Waals surface area contributed by atoms with Crippen LogP contribution in [0, 0.1) is 6.92 Å². The summed E-state index contributed by atoms with van der Waals surface area (Å²) in [6.07, 6.45) is 0.437. The van der Waals surface area contributed by atoms with Gasteiger partial charge in [-0.1, -0.05) is 35.9 Å². The largest absolute Gasteiger partial charge is 0.502 e. The van der Waals surface area contributed by atoms with Gasteiger partial charge < -0.3 is 14.6 Å². The number of carbonyl (C=O) groups is 2. The molecule has 0 bridgehead atoms. The summed E-state index contributed by atoms with van der Waals surface area (Å²) in [6, 6.07) is 12.5. The Morgan fingerprint density at radius 1 is 0.926 bits per heavy atom. The zero-order valence-corrected chi connectivity index (χ0v) is 15.5. The minimum Gasteiger partial charge on any atom is -0.502 e. The van der Waals surface area contributed by atoms with Gasteiger partial charge in [0.25, 0.3) is 11.8 Å². The molecule has 27 heavy (non-hydrogen) atoms. The number of hydrogen-bond donors (Lipinski definition) is 1. The summed E-state index contributed by atoms with van der Waals surface area (Å²) in [6.45, 7) is 2.08. The zero-order valence-electron chi connectivity index (χ0n) is 15.5. The summed E-state index contributed by atoms with van der Waals surface area (Å²) < 4.78 is 10.5. The van der Waals surface area contributed by atoms with Gasteiger partial charge in [-0.3, -0.25) is 14.5 Å². The summed E-state index contributed by atoms with van der Waals surface area (Å²) >= 11 is 0. The number of carbonyl (C=O) groups excluding carboxylic acids is 2. The van der Waals surface area contributed by atoms with Crippen molar-refractivity contribution in [2.75, 3.05) is 20.8 Å². The van der Waals surface area contributed by atoms with Gasteiger partial charge in [0, 0.05) is 6.54 Å². The van der Waals surface area contributed by atoms with Crippen molar-refractivity contribution in [3.8, 4) is 11.5 Å². The minimum absolute atomic E-state index is 0.0484. The van der Waals surface area contributed by atoms with Gasteiger partial charge in [0.1, 0.15) is 0 Å². The van der Waals surface area contributed by atoms with Crippen LogP contribution >= 0.6 is 0 Å². The number of aliphatic hydroxyl groups excluding tert-OH is 1. The molecule has 0 saturated carbocycles. The third kappa shape index (κ3) is 3.51. The van der Waals surface area contributed by atoms with E-state index in [0.29, 0.717) is 23.5 Å². The van der Waals surface area contributed by atoms with E-state index in [9.17, 15) is 14.7 Å². The van der Waals surface area contributed by atoms with Gasteiger partial charge in [0.2, 0.25) is 0 Å². The van der Waals surface area contributed by atoms with Gasteiger partial charge in [-0.15, -0.1) is 0 Å². The molecule has 2 amide bonds. The van der Waals surface area contributed by atoms with Crippen molar-refractivity contribution < 1.29 is 24.2 Å². The van der Waals surface area contributed by atoms with Gasteiger partial charge in [0.15, 0.2) is 17.3 Å². The van der Waals surface area contributed by atoms with Gasteiger partial charge in [0.05, 0.1) is 19.8 Å². The molecule has 3 rings (SSSR count). The number of amides is 2. The first-order chi connectivity index (χ1) is 13.0. The van der Waals surface area contributed by atoms with E-state index in [2.05, 4.69) is 0 Å². The van der Waals surface area contributed by atoms with Crippen LogP contribution in [0.5, 0.6) is 11.5 Å². The van der Waals surface area contributed by atoms with Gasteiger partial charge in [-0.05, 0) is 36.6 Å². The maximum Gasteiger partial charge on any atom is 0.296 e. The molecule has 0 atom stereocenters. The first-order valence-corrected chi connectivity index (χ1v) is 8.53. The highest BCUT2D eigenvalue weighted by molar-refractivity contribution is 6.34. The molecule has 0 fully saturated rings. The molecule has 6 heteroatoms. The Morgan fingerprint density at radius 2 is 1.59 bits per heavy atom. The van der Waals surface area contributed by atoms with E-state index in [4.69, 9.17) is 9.47 Å². The number of nitrogens with zero attached hydrogens (tertiary/aromatic N) is 1. The average molecular weight is 367 g/mol. The number of aliphatic hydroxyl groups is 1. The summed E-state index contributed by atoms with van der Waals surface area (Å²) in [4.78, 5) is 26.1. The number of hydrogen-bond acceptors (Lipinski definition) is 5. The molecule has 2 aromatic carbocycles. The smallest absolute Gasteiger partial charge is 0.296 e. The van der Waals surface area contributed by atoms with Gasteiger partial charge in [-0.2, -0.15) is 0 Å². The Labute approximate surface area is 157 Å². The van der Waals surface area contributed by atoms with Crippen LogP contribution in [0.25, 0.3) is 5.57 Å². The Morgan fingerprint density at radius 3 is 2.22 bits per heavy atom. The normalized spacial score (nSPS) is 14.1. The van der Waals surface area contributed by atoms with Crippen LogP contribution in [0.1, 0.15) is 16.7 Å².